The van der Waals surface area contributed by atoms with Crippen LogP contribution in [0, 0.1) is 19.8 Å². The van der Waals surface area contributed by atoms with E-state index in [0.29, 0.717) is 23.4 Å². The van der Waals surface area contributed by atoms with Gasteiger partial charge < -0.3 is 10.4 Å². The molecule has 1 aromatic carbocycles. The Kier molecular flexibility index (Phi) is 5.36. The van der Waals surface area contributed by atoms with E-state index in [-0.39, 0.29) is 5.56 Å². The molecule has 1 heterocycles. The predicted molar refractivity (Wildman–Crippen MR) is 93.9 cm³/mol. The van der Waals surface area contributed by atoms with E-state index in [1.807, 2.05) is 0 Å². The van der Waals surface area contributed by atoms with Crippen LogP contribution in [0.1, 0.15) is 34.1 Å². The molecule has 0 aliphatic rings. The van der Waals surface area contributed by atoms with Gasteiger partial charge in [0, 0.05) is 12.7 Å². The molecule has 2 aromatic rings. The standard InChI is InChI=1S/C18H21N3O4/c1-10(18(24)25)9-13-5-7-14(8-6-13)19-16(22)15-11(2)12(3)20-21(4)17(15)23/h5-8,10H,9H2,1-4H3,(H,19,22)(H,24,25)/t10-/m0/s1. The number of amides is 1. The molecule has 25 heavy (non-hydrogen) atoms. The first kappa shape index (κ1) is 18.4. The lowest BCUT2D eigenvalue weighted by Crippen LogP contribution is -2.31. The summed E-state index contributed by atoms with van der Waals surface area (Å²) in [6.45, 7) is 5.07. The average molecular weight is 343 g/mol. The lowest BCUT2D eigenvalue weighted by molar-refractivity contribution is -0.141. The Morgan fingerprint density at radius 3 is 2.40 bits per heavy atom. The summed E-state index contributed by atoms with van der Waals surface area (Å²) in [5, 5.41) is 15.7. The summed E-state index contributed by atoms with van der Waals surface area (Å²) >= 11 is 0. The van der Waals surface area contributed by atoms with Crippen LogP contribution in [0.4, 0.5) is 5.69 Å². The first-order chi connectivity index (χ1) is 11.7. The molecule has 0 aliphatic heterocycles. The first-order valence-electron chi connectivity index (χ1n) is 7.88. The van der Waals surface area contributed by atoms with Gasteiger partial charge in [-0.3, -0.25) is 14.4 Å². The van der Waals surface area contributed by atoms with Gasteiger partial charge in [0.25, 0.3) is 11.5 Å². The summed E-state index contributed by atoms with van der Waals surface area (Å²) in [5.41, 5.74) is 2.18. The second-order valence-electron chi connectivity index (χ2n) is 6.11. The van der Waals surface area contributed by atoms with E-state index < -0.39 is 23.4 Å². The van der Waals surface area contributed by atoms with E-state index in [0.717, 1.165) is 10.2 Å². The van der Waals surface area contributed by atoms with E-state index in [1.54, 1.807) is 45.0 Å². The Hall–Kier alpha value is -2.96. The number of carboxylic acids is 1. The number of carbonyl (C=O) groups is 2. The van der Waals surface area contributed by atoms with Crippen LogP contribution in [-0.2, 0) is 18.3 Å². The van der Waals surface area contributed by atoms with Crippen molar-refractivity contribution in [3.8, 4) is 0 Å². The number of aromatic nitrogens is 2. The highest BCUT2D eigenvalue weighted by Crippen LogP contribution is 2.15. The van der Waals surface area contributed by atoms with Crippen molar-refractivity contribution < 1.29 is 14.7 Å². The smallest absolute Gasteiger partial charge is 0.306 e. The third-order valence-electron chi connectivity index (χ3n) is 4.13. The van der Waals surface area contributed by atoms with Crippen LogP contribution in [0.15, 0.2) is 29.1 Å². The number of carboxylic acid groups (broad SMARTS) is 1. The second kappa shape index (κ2) is 7.29. The third kappa shape index (κ3) is 4.12. The molecule has 1 amide bonds. The summed E-state index contributed by atoms with van der Waals surface area (Å²) < 4.78 is 1.15. The second-order valence-corrected chi connectivity index (χ2v) is 6.11. The lowest BCUT2D eigenvalue weighted by atomic mass is 10.0. The highest BCUT2D eigenvalue weighted by molar-refractivity contribution is 6.05. The minimum absolute atomic E-state index is 0.0681. The molecule has 0 fully saturated rings. The number of aryl methyl sites for hydroxylation is 2. The van der Waals surface area contributed by atoms with Gasteiger partial charge in [0.1, 0.15) is 5.56 Å². The fraction of sp³-hybridized carbons (Fsp3) is 0.333. The van der Waals surface area contributed by atoms with Gasteiger partial charge >= 0.3 is 5.97 Å². The van der Waals surface area contributed by atoms with E-state index >= 15 is 0 Å². The van der Waals surface area contributed by atoms with Crippen LogP contribution >= 0.6 is 0 Å². The fourth-order valence-corrected chi connectivity index (χ4v) is 2.47. The van der Waals surface area contributed by atoms with Gasteiger partial charge in [-0.2, -0.15) is 5.10 Å². The van der Waals surface area contributed by atoms with E-state index in [1.165, 1.54) is 7.05 Å². The monoisotopic (exact) mass is 343 g/mol. The number of carbonyl (C=O) groups excluding carboxylic acids is 1. The number of rotatable bonds is 5. The molecule has 132 valence electrons. The van der Waals surface area contributed by atoms with Gasteiger partial charge in [0.15, 0.2) is 0 Å². The zero-order chi connectivity index (χ0) is 18.7. The number of benzene rings is 1. The van der Waals surface area contributed by atoms with E-state index in [9.17, 15) is 14.4 Å². The summed E-state index contributed by atoms with van der Waals surface area (Å²) in [6.07, 6.45) is 0.409. The fourth-order valence-electron chi connectivity index (χ4n) is 2.47. The number of anilines is 1. The van der Waals surface area contributed by atoms with Crippen molar-refractivity contribution in [3.05, 3.63) is 57.0 Å². The highest BCUT2D eigenvalue weighted by atomic mass is 16.4. The van der Waals surface area contributed by atoms with Gasteiger partial charge in [-0.25, -0.2) is 4.68 Å². The van der Waals surface area contributed by atoms with Crippen molar-refractivity contribution >= 4 is 17.6 Å². The molecule has 0 radical (unpaired) electrons. The molecule has 0 bridgehead atoms. The van der Waals surface area contributed by atoms with Crippen molar-refractivity contribution in [3.63, 3.8) is 0 Å². The first-order valence-corrected chi connectivity index (χ1v) is 7.88. The molecular formula is C18H21N3O4. The maximum atomic E-state index is 12.5. The minimum Gasteiger partial charge on any atom is -0.481 e. The van der Waals surface area contributed by atoms with Gasteiger partial charge in [-0.15, -0.1) is 0 Å². The van der Waals surface area contributed by atoms with E-state index in [2.05, 4.69) is 10.4 Å². The molecule has 2 rings (SSSR count). The molecule has 2 N–H and O–H groups in total. The SMILES string of the molecule is Cc1nn(C)c(=O)c(C(=O)Nc2ccc(C[C@H](C)C(=O)O)cc2)c1C. The van der Waals surface area contributed by atoms with Crippen LogP contribution in [0.5, 0.6) is 0 Å². The van der Waals surface area contributed by atoms with Crippen LogP contribution < -0.4 is 10.9 Å². The Balaban J connectivity index is 2.19. The molecule has 7 nitrogen and oxygen atoms in total. The number of nitrogens with zero attached hydrogens (tertiary/aromatic N) is 2. The van der Waals surface area contributed by atoms with Crippen molar-refractivity contribution in [1.29, 1.82) is 0 Å². The maximum Gasteiger partial charge on any atom is 0.306 e. The molecule has 7 heteroatoms. The van der Waals surface area contributed by atoms with Crippen molar-refractivity contribution in [2.24, 2.45) is 13.0 Å². The minimum atomic E-state index is -0.850. The summed E-state index contributed by atoms with van der Waals surface area (Å²) in [5.74, 6) is -1.82. The topological polar surface area (TPSA) is 101 Å². The third-order valence-corrected chi connectivity index (χ3v) is 4.13. The highest BCUT2D eigenvalue weighted by Gasteiger charge is 2.18. The average Bonchev–Trinajstić information content (AvgIpc) is 2.55. The predicted octanol–water partition coefficient (Wildman–Crippen LogP) is 1.91. The molecule has 0 saturated heterocycles. The molecule has 0 spiro atoms. The lowest BCUT2D eigenvalue weighted by Gasteiger charge is -2.11. The Bertz CT molecular complexity index is 869. The maximum absolute atomic E-state index is 12.5. The molecule has 1 aromatic heterocycles. The summed E-state index contributed by atoms with van der Waals surface area (Å²) in [7, 11) is 1.50. The molecular weight excluding hydrogens is 322 g/mol. The van der Waals surface area contributed by atoms with Crippen LogP contribution in [0.2, 0.25) is 0 Å². The summed E-state index contributed by atoms with van der Waals surface area (Å²) in [4.78, 5) is 35.6. The van der Waals surface area contributed by atoms with Gasteiger partial charge in [-0.1, -0.05) is 19.1 Å². The Morgan fingerprint density at radius 2 is 1.84 bits per heavy atom. The van der Waals surface area contributed by atoms with Crippen LogP contribution in [0.3, 0.4) is 0 Å². The molecule has 0 unspecified atom stereocenters. The number of nitrogens with one attached hydrogen (secondary N) is 1. The molecule has 0 saturated carbocycles. The van der Waals surface area contributed by atoms with Gasteiger partial charge in [-0.05, 0) is 43.5 Å². The largest absolute Gasteiger partial charge is 0.481 e. The van der Waals surface area contributed by atoms with Crippen LogP contribution in [0.25, 0.3) is 0 Å². The summed E-state index contributed by atoms with van der Waals surface area (Å²) in [6, 6.07) is 6.90. The van der Waals surface area contributed by atoms with Crippen molar-refractivity contribution in [2.45, 2.75) is 27.2 Å². The molecule has 0 aliphatic carbocycles. The molecule has 1 atom stereocenters. The van der Waals surface area contributed by atoms with Crippen LogP contribution in [-0.4, -0.2) is 26.8 Å². The van der Waals surface area contributed by atoms with E-state index in [4.69, 9.17) is 5.11 Å². The zero-order valence-corrected chi connectivity index (χ0v) is 14.7. The number of aliphatic carboxylic acids is 1. The quantitative estimate of drug-likeness (QED) is 0.863. The number of hydrogen-bond acceptors (Lipinski definition) is 4. The van der Waals surface area contributed by atoms with Gasteiger partial charge in [0.2, 0.25) is 0 Å². The van der Waals surface area contributed by atoms with Crippen molar-refractivity contribution in [1.82, 2.24) is 9.78 Å². The van der Waals surface area contributed by atoms with Crippen molar-refractivity contribution in [2.75, 3.05) is 5.32 Å². The Morgan fingerprint density at radius 1 is 1.24 bits per heavy atom. The zero-order valence-electron chi connectivity index (χ0n) is 14.7. The number of hydrogen-bond donors (Lipinski definition) is 2. The van der Waals surface area contributed by atoms with Gasteiger partial charge in [0.05, 0.1) is 11.6 Å². The normalized spacial score (nSPS) is 11.8. The Labute approximate surface area is 145 Å².